The number of nitrogens with one attached hydrogen (secondary N) is 2. The van der Waals surface area contributed by atoms with Gasteiger partial charge in [-0.3, -0.25) is 4.79 Å². The van der Waals surface area contributed by atoms with Gasteiger partial charge in [0, 0.05) is 30.7 Å². The van der Waals surface area contributed by atoms with Crippen molar-refractivity contribution in [3.63, 3.8) is 0 Å². The Morgan fingerprint density at radius 2 is 1.88 bits per heavy atom. The molecule has 0 bridgehead atoms. The second-order valence-corrected chi connectivity index (χ2v) is 7.28. The largest absolute Gasteiger partial charge is 0.421 e. The first-order valence-electron chi connectivity index (χ1n) is 9.78. The predicted molar refractivity (Wildman–Crippen MR) is 116 cm³/mol. The fourth-order valence-electron chi connectivity index (χ4n) is 3.43. The number of hydrogen-bond acceptors (Lipinski definition) is 6. The van der Waals surface area contributed by atoms with Crippen LogP contribution in [-0.2, 0) is 24.1 Å². The average Bonchev–Trinajstić information content (AvgIpc) is 3.21. The summed E-state index contributed by atoms with van der Waals surface area (Å²) < 4.78 is 40.5. The SMILES string of the molecule is C=CC(=O)N1Cc2ccc(Nc3ncc(C(F)(F)F)c(Nc4cccc(C#N)c4)n3)cc2C1. The smallest absolute Gasteiger partial charge is 0.340 e. The second kappa shape index (κ2) is 8.63. The van der Waals surface area contributed by atoms with Crippen LogP contribution < -0.4 is 10.6 Å². The zero-order chi connectivity index (χ0) is 23.6. The van der Waals surface area contributed by atoms with Crippen LogP contribution in [-0.4, -0.2) is 20.8 Å². The Balaban J connectivity index is 1.61. The molecule has 1 amide bonds. The average molecular weight is 450 g/mol. The van der Waals surface area contributed by atoms with Gasteiger partial charge in [0.2, 0.25) is 11.9 Å². The molecule has 1 aliphatic rings. The molecule has 1 aromatic heterocycles. The molecule has 3 aromatic rings. The number of fused-ring (bicyclic) bond motifs is 1. The molecule has 7 nitrogen and oxygen atoms in total. The van der Waals surface area contributed by atoms with Crippen molar-refractivity contribution in [1.29, 1.82) is 5.26 Å². The van der Waals surface area contributed by atoms with Gasteiger partial charge in [0.1, 0.15) is 11.4 Å². The van der Waals surface area contributed by atoms with Crippen LogP contribution in [0.2, 0.25) is 0 Å². The number of carbonyl (C=O) groups excluding carboxylic acids is 1. The number of carbonyl (C=O) groups is 1. The van der Waals surface area contributed by atoms with Gasteiger partial charge in [-0.1, -0.05) is 18.7 Å². The second-order valence-electron chi connectivity index (χ2n) is 7.28. The van der Waals surface area contributed by atoms with Crippen molar-refractivity contribution in [2.45, 2.75) is 19.3 Å². The van der Waals surface area contributed by atoms with Gasteiger partial charge in [-0.05, 0) is 47.5 Å². The third-order valence-corrected chi connectivity index (χ3v) is 5.02. The summed E-state index contributed by atoms with van der Waals surface area (Å²) in [4.78, 5) is 21.3. The minimum Gasteiger partial charge on any atom is -0.340 e. The van der Waals surface area contributed by atoms with E-state index < -0.39 is 17.6 Å². The fourth-order valence-corrected chi connectivity index (χ4v) is 3.43. The molecule has 0 fully saturated rings. The fraction of sp³-hybridized carbons (Fsp3) is 0.130. The molecule has 0 unspecified atom stereocenters. The van der Waals surface area contributed by atoms with Gasteiger partial charge in [-0.2, -0.15) is 23.4 Å². The van der Waals surface area contributed by atoms with E-state index in [1.807, 2.05) is 12.1 Å². The zero-order valence-electron chi connectivity index (χ0n) is 17.1. The molecule has 1 aliphatic heterocycles. The maximum atomic E-state index is 13.5. The maximum absolute atomic E-state index is 13.5. The molecule has 2 aromatic carbocycles. The number of alkyl halides is 3. The van der Waals surface area contributed by atoms with Crippen molar-refractivity contribution in [3.05, 3.63) is 83.6 Å². The number of nitriles is 1. The van der Waals surface area contributed by atoms with Crippen LogP contribution in [0.25, 0.3) is 0 Å². The summed E-state index contributed by atoms with van der Waals surface area (Å²) in [5.41, 5.74) is 2.00. The van der Waals surface area contributed by atoms with E-state index in [9.17, 15) is 18.0 Å². The van der Waals surface area contributed by atoms with E-state index in [1.54, 1.807) is 29.2 Å². The van der Waals surface area contributed by atoms with Gasteiger partial charge >= 0.3 is 6.18 Å². The molecule has 0 aliphatic carbocycles. The Morgan fingerprint density at radius 3 is 2.61 bits per heavy atom. The summed E-state index contributed by atoms with van der Waals surface area (Å²) in [6, 6.07) is 13.4. The highest BCUT2D eigenvalue weighted by atomic mass is 19.4. The van der Waals surface area contributed by atoms with E-state index in [4.69, 9.17) is 5.26 Å². The van der Waals surface area contributed by atoms with Crippen molar-refractivity contribution in [2.75, 3.05) is 10.6 Å². The molecular formula is C23H17F3N6O. The number of rotatable bonds is 5. The van der Waals surface area contributed by atoms with Crippen molar-refractivity contribution in [3.8, 4) is 6.07 Å². The lowest BCUT2D eigenvalue weighted by Crippen LogP contribution is -2.22. The highest BCUT2D eigenvalue weighted by Gasteiger charge is 2.35. The monoisotopic (exact) mass is 450 g/mol. The summed E-state index contributed by atoms with van der Waals surface area (Å²) in [5.74, 6) is -0.666. The van der Waals surface area contributed by atoms with E-state index in [1.165, 1.54) is 18.2 Å². The molecule has 0 saturated heterocycles. The van der Waals surface area contributed by atoms with Gasteiger partial charge < -0.3 is 15.5 Å². The molecule has 4 rings (SSSR count). The minimum atomic E-state index is -4.68. The van der Waals surface area contributed by atoms with Crippen LogP contribution in [0.4, 0.5) is 36.3 Å². The molecule has 33 heavy (non-hydrogen) atoms. The lowest BCUT2D eigenvalue weighted by molar-refractivity contribution is -0.137. The van der Waals surface area contributed by atoms with Gasteiger partial charge in [0.25, 0.3) is 0 Å². The number of halogens is 3. The highest BCUT2D eigenvalue weighted by molar-refractivity contribution is 5.87. The molecule has 10 heteroatoms. The number of nitrogens with zero attached hydrogens (tertiary/aromatic N) is 4. The third kappa shape index (κ3) is 4.77. The number of anilines is 4. The number of benzene rings is 2. The Bertz CT molecular complexity index is 1280. The Morgan fingerprint density at radius 1 is 1.12 bits per heavy atom. The Hall–Kier alpha value is -4.39. The lowest BCUT2D eigenvalue weighted by Gasteiger charge is -2.15. The van der Waals surface area contributed by atoms with Crippen LogP contribution in [0, 0.1) is 11.3 Å². The molecule has 0 spiro atoms. The molecule has 0 atom stereocenters. The molecule has 2 N–H and O–H groups in total. The number of aromatic nitrogens is 2. The normalized spacial score (nSPS) is 12.6. The van der Waals surface area contributed by atoms with Gasteiger partial charge in [-0.25, -0.2) is 4.98 Å². The first kappa shape index (κ1) is 21.8. The van der Waals surface area contributed by atoms with Gasteiger partial charge in [0.15, 0.2) is 0 Å². The van der Waals surface area contributed by atoms with Gasteiger partial charge in [0.05, 0.1) is 11.6 Å². The molecule has 0 radical (unpaired) electrons. The van der Waals surface area contributed by atoms with E-state index in [0.717, 1.165) is 11.1 Å². The van der Waals surface area contributed by atoms with Crippen LogP contribution in [0.3, 0.4) is 0 Å². The van der Waals surface area contributed by atoms with E-state index >= 15 is 0 Å². The molecular weight excluding hydrogens is 433 g/mol. The first-order chi connectivity index (χ1) is 15.8. The van der Waals surface area contributed by atoms with Gasteiger partial charge in [-0.15, -0.1) is 0 Å². The number of amides is 1. The van der Waals surface area contributed by atoms with Crippen LogP contribution in [0.5, 0.6) is 0 Å². The summed E-state index contributed by atoms with van der Waals surface area (Å²) in [6.45, 7) is 4.37. The quantitative estimate of drug-likeness (QED) is 0.538. The molecule has 0 saturated carbocycles. The first-order valence-corrected chi connectivity index (χ1v) is 9.78. The minimum absolute atomic E-state index is 0.0427. The summed E-state index contributed by atoms with van der Waals surface area (Å²) >= 11 is 0. The summed E-state index contributed by atoms with van der Waals surface area (Å²) in [7, 11) is 0. The van der Waals surface area contributed by atoms with Crippen LogP contribution >= 0.6 is 0 Å². The summed E-state index contributed by atoms with van der Waals surface area (Å²) in [5, 5.41) is 14.6. The van der Waals surface area contributed by atoms with Crippen molar-refractivity contribution >= 4 is 29.0 Å². The van der Waals surface area contributed by atoms with E-state index in [0.29, 0.717) is 30.5 Å². The lowest BCUT2D eigenvalue weighted by atomic mass is 10.1. The third-order valence-electron chi connectivity index (χ3n) is 5.02. The Kier molecular flexibility index (Phi) is 5.70. The topological polar surface area (TPSA) is 93.9 Å². The van der Waals surface area contributed by atoms with E-state index in [-0.39, 0.29) is 17.5 Å². The van der Waals surface area contributed by atoms with Crippen LogP contribution in [0.15, 0.2) is 61.3 Å². The molecule has 2 heterocycles. The predicted octanol–water partition coefficient (Wildman–Crippen LogP) is 4.88. The zero-order valence-corrected chi connectivity index (χ0v) is 17.1. The molecule has 166 valence electrons. The van der Waals surface area contributed by atoms with E-state index in [2.05, 4.69) is 27.2 Å². The van der Waals surface area contributed by atoms with Crippen molar-refractivity contribution in [2.24, 2.45) is 0 Å². The van der Waals surface area contributed by atoms with Crippen molar-refractivity contribution < 1.29 is 18.0 Å². The highest BCUT2D eigenvalue weighted by Crippen LogP contribution is 2.35. The maximum Gasteiger partial charge on any atom is 0.421 e. The van der Waals surface area contributed by atoms with Crippen molar-refractivity contribution in [1.82, 2.24) is 14.9 Å². The van der Waals surface area contributed by atoms with Crippen LogP contribution in [0.1, 0.15) is 22.3 Å². The number of hydrogen-bond donors (Lipinski definition) is 2. The summed E-state index contributed by atoms with van der Waals surface area (Å²) in [6.07, 6.45) is -2.73. The Labute approximate surface area is 187 Å². The standard InChI is InChI=1S/C23H17F3N6O/c1-2-20(33)32-12-15-6-7-18(9-16(15)13-32)30-22-28-11-19(23(24,25)26)21(31-22)29-17-5-3-4-14(8-17)10-27/h2-9,11H,1,12-13H2,(H2,28,29,30,31).